The topological polar surface area (TPSA) is 64.3 Å². The molecule has 1 amide bonds. The lowest BCUT2D eigenvalue weighted by molar-refractivity contribution is -0.121. The van der Waals surface area contributed by atoms with Crippen LogP contribution in [-0.4, -0.2) is 25.7 Å². The van der Waals surface area contributed by atoms with Gasteiger partial charge in [0.05, 0.1) is 6.61 Å². The van der Waals surface area contributed by atoms with E-state index in [-0.39, 0.29) is 11.9 Å². The molecule has 0 saturated carbocycles. The smallest absolute Gasteiger partial charge is 0.221 e. The zero-order valence-electron chi connectivity index (χ0n) is 12.5. The largest absolute Gasteiger partial charge is 0.380 e. The summed E-state index contributed by atoms with van der Waals surface area (Å²) in [4.78, 5) is 11.7. The van der Waals surface area contributed by atoms with E-state index in [0.29, 0.717) is 25.5 Å². The quantitative estimate of drug-likeness (QED) is 0.681. The van der Waals surface area contributed by atoms with Crippen LogP contribution in [0.15, 0.2) is 30.3 Å². The van der Waals surface area contributed by atoms with Crippen molar-refractivity contribution < 1.29 is 9.53 Å². The average molecular weight is 278 g/mol. The lowest BCUT2D eigenvalue weighted by atomic mass is 10.0. The molecule has 4 nitrogen and oxygen atoms in total. The number of rotatable bonds is 9. The Morgan fingerprint density at radius 1 is 1.25 bits per heavy atom. The first-order valence-electron chi connectivity index (χ1n) is 7.24. The SMILES string of the molecule is CC(C)CCOCCNC(=O)CC(N)c1ccccc1. The van der Waals surface area contributed by atoms with Crippen molar-refractivity contribution in [2.24, 2.45) is 11.7 Å². The fraction of sp³-hybridized carbons (Fsp3) is 0.562. The molecule has 0 spiro atoms. The number of benzene rings is 1. The Morgan fingerprint density at radius 3 is 2.60 bits per heavy atom. The molecular formula is C16H26N2O2. The Bertz CT molecular complexity index is 379. The second-order valence-electron chi connectivity index (χ2n) is 5.37. The number of hydrogen-bond acceptors (Lipinski definition) is 3. The van der Waals surface area contributed by atoms with Gasteiger partial charge in [-0.2, -0.15) is 0 Å². The normalized spacial score (nSPS) is 12.4. The van der Waals surface area contributed by atoms with Crippen molar-refractivity contribution in [2.75, 3.05) is 19.8 Å². The zero-order valence-corrected chi connectivity index (χ0v) is 12.5. The zero-order chi connectivity index (χ0) is 14.8. The van der Waals surface area contributed by atoms with Crippen LogP contribution in [0.3, 0.4) is 0 Å². The molecule has 0 aliphatic rings. The maximum absolute atomic E-state index is 11.7. The predicted molar refractivity (Wildman–Crippen MR) is 81.3 cm³/mol. The lowest BCUT2D eigenvalue weighted by Crippen LogP contribution is -2.30. The van der Waals surface area contributed by atoms with Crippen LogP contribution in [0.2, 0.25) is 0 Å². The van der Waals surface area contributed by atoms with E-state index in [1.807, 2.05) is 30.3 Å². The Morgan fingerprint density at radius 2 is 1.95 bits per heavy atom. The van der Waals surface area contributed by atoms with Crippen molar-refractivity contribution in [3.05, 3.63) is 35.9 Å². The average Bonchev–Trinajstić information content (AvgIpc) is 2.43. The molecule has 0 saturated heterocycles. The standard InChI is InChI=1S/C16H26N2O2/c1-13(2)8-10-20-11-9-18-16(19)12-15(17)14-6-4-3-5-7-14/h3-7,13,15H,8-12,17H2,1-2H3,(H,18,19). The minimum atomic E-state index is -0.252. The fourth-order valence-electron chi connectivity index (χ4n) is 1.77. The number of nitrogens with two attached hydrogens (primary N) is 1. The number of ether oxygens (including phenoxy) is 1. The van der Waals surface area contributed by atoms with Crippen molar-refractivity contribution in [3.8, 4) is 0 Å². The van der Waals surface area contributed by atoms with Gasteiger partial charge >= 0.3 is 0 Å². The first kappa shape index (κ1) is 16.7. The third-order valence-corrected chi connectivity index (χ3v) is 3.04. The van der Waals surface area contributed by atoms with Crippen LogP contribution in [0, 0.1) is 5.92 Å². The van der Waals surface area contributed by atoms with Crippen LogP contribution >= 0.6 is 0 Å². The van der Waals surface area contributed by atoms with E-state index in [2.05, 4.69) is 19.2 Å². The molecule has 112 valence electrons. The molecule has 1 aromatic carbocycles. The number of amides is 1. The minimum Gasteiger partial charge on any atom is -0.380 e. The lowest BCUT2D eigenvalue weighted by Gasteiger charge is -2.12. The van der Waals surface area contributed by atoms with Crippen LogP contribution in [-0.2, 0) is 9.53 Å². The van der Waals surface area contributed by atoms with Gasteiger partial charge < -0.3 is 15.8 Å². The highest BCUT2D eigenvalue weighted by Crippen LogP contribution is 2.12. The van der Waals surface area contributed by atoms with Gasteiger partial charge in [0, 0.05) is 25.6 Å². The second kappa shape index (κ2) is 9.50. The van der Waals surface area contributed by atoms with Crippen molar-refractivity contribution in [2.45, 2.75) is 32.7 Å². The Kier molecular flexibility index (Phi) is 7.92. The molecule has 1 unspecified atom stereocenters. The van der Waals surface area contributed by atoms with Crippen LogP contribution in [0.25, 0.3) is 0 Å². The van der Waals surface area contributed by atoms with Gasteiger partial charge in [0.2, 0.25) is 5.91 Å². The van der Waals surface area contributed by atoms with Gasteiger partial charge in [0.15, 0.2) is 0 Å². The van der Waals surface area contributed by atoms with Gasteiger partial charge in [0.25, 0.3) is 0 Å². The van der Waals surface area contributed by atoms with Crippen LogP contribution in [0.1, 0.15) is 38.3 Å². The number of carbonyl (C=O) groups is 1. The minimum absolute atomic E-state index is 0.0335. The Hall–Kier alpha value is -1.39. The molecule has 0 radical (unpaired) electrons. The number of carbonyl (C=O) groups excluding carboxylic acids is 1. The molecule has 0 heterocycles. The predicted octanol–water partition coefficient (Wildman–Crippen LogP) is 2.26. The second-order valence-corrected chi connectivity index (χ2v) is 5.37. The molecule has 0 aliphatic heterocycles. The molecule has 1 atom stereocenters. The van der Waals surface area contributed by atoms with Crippen LogP contribution < -0.4 is 11.1 Å². The van der Waals surface area contributed by atoms with Crippen molar-refractivity contribution >= 4 is 5.91 Å². The summed E-state index contributed by atoms with van der Waals surface area (Å²) < 4.78 is 5.44. The molecular weight excluding hydrogens is 252 g/mol. The summed E-state index contributed by atoms with van der Waals surface area (Å²) in [5.74, 6) is 0.613. The summed E-state index contributed by atoms with van der Waals surface area (Å²) in [5, 5.41) is 2.83. The monoisotopic (exact) mass is 278 g/mol. The molecule has 0 aromatic heterocycles. The highest BCUT2D eigenvalue weighted by molar-refractivity contribution is 5.76. The summed E-state index contributed by atoms with van der Waals surface area (Å²) in [5.41, 5.74) is 6.97. The summed E-state index contributed by atoms with van der Waals surface area (Å²) in [6, 6.07) is 9.41. The van der Waals surface area contributed by atoms with E-state index in [0.717, 1.165) is 18.6 Å². The fourth-order valence-corrected chi connectivity index (χ4v) is 1.77. The van der Waals surface area contributed by atoms with Crippen molar-refractivity contribution in [3.63, 3.8) is 0 Å². The molecule has 4 heteroatoms. The number of hydrogen-bond donors (Lipinski definition) is 2. The van der Waals surface area contributed by atoms with Gasteiger partial charge in [0.1, 0.15) is 0 Å². The maximum Gasteiger partial charge on any atom is 0.221 e. The molecule has 1 aromatic rings. The Balaban J connectivity index is 2.11. The first-order valence-corrected chi connectivity index (χ1v) is 7.24. The van der Waals surface area contributed by atoms with Crippen molar-refractivity contribution in [1.29, 1.82) is 0 Å². The van der Waals surface area contributed by atoms with Crippen molar-refractivity contribution in [1.82, 2.24) is 5.32 Å². The van der Waals surface area contributed by atoms with Gasteiger partial charge in [-0.15, -0.1) is 0 Å². The Labute approximate surface area is 121 Å². The van der Waals surface area contributed by atoms with E-state index >= 15 is 0 Å². The van der Waals surface area contributed by atoms with Crippen LogP contribution in [0.4, 0.5) is 0 Å². The third kappa shape index (κ3) is 7.26. The van der Waals surface area contributed by atoms with Gasteiger partial charge in [-0.25, -0.2) is 0 Å². The summed E-state index contributed by atoms with van der Waals surface area (Å²) in [7, 11) is 0. The highest BCUT2D eigenvalue weighted by atomic mass is 16.5. The molecule has 3 N–H and O–H groups in total. The summed E-state index contributed by atoms with van der Waals surface area (Å²) in [6.07, 6.45) is 1.35. The van der Waals surface area contributed by atoms with E-state index in [1.54, 1.807) is 0 Å². The van der Waals surface area contributed by atoms with E-state index in [1.165, 1.54) is 0 Å². The van der Waals surface area contributed by atoms with E-state index in [4.69, 9.17) is 10.5 Å². The molecule has 0 bridgehead atoms. The number of nitrogens with one attached hydrogen (secondary N) is 1. The first-order chi connectivity index (χ1) is 9.59. The highest BCUT2D eigenvalue weighted by Gasteiger charge is 2.10. The van der Waals surface area contributed by atoms with Gasteiger partial charge in [-0.1, -0.05) is 44.2 Å². The van der Waals surface area contributed by atoms with E-state index in [9.17, 15) is 4.79 Å². The van der Waals surface area contributed by atoms with Crippen LogP contribution in [0.5, 0.6) is 0 Å². The molecule has 20 heavy (non-hydrogen) atoms. The maximum atomic E-state index is 11.7. The van der Waals surface area contributed by atoms with E-state index < -0.39 is 0 Å². The third-order valence-electron chi connectivity index (χ3n) is 3.04. The molecule has 0 fully saturated rings. The molecule has 0 aliphatic carbocycles. The summed E-state index contributed by atoms with van der Waals surface area (Å²) in [6.45, 7) is 6.17. The van der Waals surface area contributed by atoms with Gasteiger partial charge in [-0.05, 0) is 17.9 Å². The molecule has 1 rings (SSSR count). The summed E-state index contributed by atoms with van der Waals surface area (Å²) >= 11 is 0. The van der Waals surface area contributed by atoms with Gasteiger partial charge in [-0.3, -0.25) is 4.79 Å².